The van der Waals surface area contributed by atoms with E-state index in [4.69, 9.17) is 9.26 Å². The minimum Gasteiger partial charge on any atom is -0.484 e. The molecule has 0 fully saturated rings. The third kappa shape index (κ3) is 3.15. The third-order valence-electron chi connectivity index (χ3n) is 2.85. The van der Waals surface area contributed by atoms with E-state index < -0.39 is 0 Å². The standard InChI is InChI=1S/C15H12N2O4S/c1-19-15(18)10-4-6-11(7-5-10)20-9-13-16-14(17-21-13)12-3-2-8-22-12/h2-8H,9H2,1H3. The molecule has 0 atom stereocenters. The van der Waals surface area contributed by atoms with Crippen molar-refractivity contribution in [3.63, 3.8) is 0 Å². The quantitative estimate of drug-likeness (QED) is 0.673. The zero-order valence-electron chi connectivity index (χ0n) is 11.7. The molecule has 7 heteroatoms. The van der Waals surface area contributed by atoms with Crippen LogP contribution in [0.5, 0.6) is 5.75 Å². The summed E-state index contributed by atoms with van der Waals surface area (Å²) < 4.78 is 15.3. The molecule has 6 nitrogen and oxygen atoms in total. The molecule has 0 unspecified atom stereocenters. The zero-order valence-corrected chi connectivity index (χ0v) is 12.5. The van der Waals surface area contributed by atoms with Crippen LogP contribution in [-0.2, 0) is 11.3 Å². The van der Waals surface area contributed by atoms with Crippen LogP contribution in [0.25, 0.3) is 10.7 Å². The van der Waals surface area contributed by atoms with Crippen LogP contribution in [0.15, 0.2) is 46.3 Å². The number of hydrogen-bond acceptors (Lipinski definition) is 7. The topological polar surface area (TPSA) is 74.5 Å². The molecule has 0 saturated heterocycles. The molecule has 0 amide bonds. The summed E-state index contributed by atoms with van der Waals surface area (Å²) >= 11 is 1.54. The molecule has 3 aromatic rings. The van der Waals surface area contributed by atoms with Crippen LogP contribution in [-0.4, -0.2) is 23.2 Å². The number of nitrogens with zero attached hydrogens (tertiary/aromatic N) is 2. The summed E-state index contributed by atoms with van der Waals surface area (Å²) in [5, 5.41) is 5.85. The molecule has 0 N–H and O–H groups in total. The van der Waals surface area contributed by atoms with Gasteiger partial charge in [-0.15, -0.1) is 11.3 Å². The van der Waals surface area contributed by atoms with Gasteiger partial charge in [0.15, 0.2) is 6.61 Å². The van der Waals surface area contributed by atoms with E-state index in [1.165, 1.54) is 7.11 Å². The Labute approximate surface area is 130 Å². The first-order valence-electron chi connectivity index (χ1n) is 6.44. The van der Waals surface area contributed by atoms with Crippen molar-refractivity contribution in [2.24, 2.45) is 0 Å². The van der Waals surface area contributed by atoms with E-state index in [-0.39, 0.29) is 12.6 Å². The summed E-state index contributed by atoms with van der Waals surface area (Å²) in [5.41, 5.74) is 0.465. The number of carbonyl (C=O) groups excluding carboxylic acids is 1. The van der Waals surface area contributed by atoms with Gasteiger partial charge in [0, 0.05) is 0 Å². The molecule has 0 aliphatic heterocycles. The fraction of sp³-hybridized carbons (Fsp3) is 0.133. The van der Waals surface area contributed by atoms with E-state index in [2.05, 4.69) is 14.9 Å². The average molecular weight is 316 g/mol. The molecular weight excluding hydrogens is 304 g/mol. The van der Waals surface area contributed by atoms with E-state index in [1.807, 2.05) is 17.5 Å². The van der Waals surface area contributed by atoms with Gasteiger partial charge in [0.05, 0.1) is 17.6 Å². The minimum absolute atomic E-state index is 0.163. The zero-order chi connectivity index (χ0) is 15.4. The van der Waals surface area contributed by atoms with Crippen LogP contribution in [0, 0.1) is 0 Å². The molecule has 22 heavy (non-hydrogen) atoms. The number of benzene rings is 1. The molecule has 0 aliphatic rings. The highest BCUT2D eigenvalue weighted by molar-refractivity contribution is 7.13. The number of hydrogen-bond donors (Lipinski definition) is 0. The summed E-state index contributed by atoms with van der Waals surface area (Å²) in [6.07, 6.45) is 0. The molecule has 0 bridgehead atoms. The van der Waals surface area contributed by atoms with Gasteiger partial charge in [-0.25, -0.2) is 4.79 Å². The smallest absolute Gasteiger partial charge is 0.337 e. The maximum Gasteiger partial charge on any atom is 0.337 e. The van der Waals surface area contributed by atoms with Crippen molar-refractivity contribution in [3.8, 4) is 16.5 Å². The number of esters is 1. The van der Waals surface area contributed by atoms with E-state index in [1.54, 1.807) is 35.6 Å². The maximum atomic E-state index is 11.3. The predicted molar refractivity (Wildman–Crippen MR) is 79.7 cm³/mol. The first kappa shape index (κ1) is 14.3. The van der Waals surface area contributed by atoms with E-state index in [0.29, 0.717) is 23.0 Å². The van der Waals surface area contributed by atoms with Crippen molar-refractivity contribution >= 4 is 17.3 Å². The summed E-state index contributed by atoms with van der Waals surface area (Å²) in [6, 6.07) is 10.5. The van der Waals surface area contributed by atoms with Gasteiger partial charge < -0.3 is 14.0 Å². The van der Waals surface area contributed by atoms with Gasteiger partial charge in [0.2, 0.25) is 5.82 Å². The molecule has 2 aromatic heterocycles. The SMILES string of the molecule is COC(=O)c1ccc(OCc2nc(-c3cccs3)no2)cc1. The maximum absolute atomic E-state index is 11.3. The number of thiophene rings is 1. The first-order valence-corrected chi connectivity index (χ1v) is 7.32. The Balaban J connectivity index is 1.62. The van der Waals surface area contributed by atoms with Gasteiger partial charge in [-0.1, -0.05) is 11.2 Å². The van der Waals surface area contributed by atoms with Crippen molar-refractivity contribution in [1.82, 2.24) is 10.1 Å². The number of carbonyl (C=O) groups is 1. The Morgan fingerprint density at radius 1 is 1.27 bits per heavy atom. The van der Waals surface area contributed by atoms with Crippen molar-refractivity contribution in [1.29, 1.82) is 0 Å². The third-order valence-corrected chi connectivity index (χ3v) is 3.71. The molecule has 0 radical (unpaired) electrons. The summed E-state index contributed by atoms with van der Waals surface area (Å²) in [4.78, 5) is 16.5. The van der Waals surface area contributed by atoms with Crippen LogP contribution >= 0.6 is 11.3 Å². The number of rotatable bonds is 5. The summed E-state index contributed by atoms with van der Waals surface area (Å²) in [5.74, 6) is 1.16. The molecule has 112 valence electrons. The lowest BCUT2D eigenvalue weighted by molar-refractivity contribution is 0.0600. The first-order chi connectivity index (χ1) is 10.8. The molecule has 0 spiro atoms. The van der Waals surface area contributed by atoms with Gasteiger partial charge in [0.1, 0.15) is 5.75 Å². The Bertz CT molecular complexity index is 750. The normalized spacial score (nSPS) is 10.4. The average Bonchev–Trinajstić information content (AvgIpc) is 3.23. The van der Waals surface area contributed by atoms with Gasteiger partial charge in [-0.3, -0.25) is 0 Å². The second-order valence-corrected chi connectivity index (χ2v) is 5.24. The van der Waals surface area contributed by atoms with E-state index >= 15 is 0 Å². The van der Waals surface area contributed by atoms with Gasteiger partial charge >= 0.3 is 5.97 Å². The van der Waals surface area contributed by atoms with Crippen molar-refractivity contribution in [2.75, 3.05) is 7.11 Å². The second kappa shape index (κ2) is 6.40. The lowest BCUT2D eigenvalue weighted by Crippen LogP contribution is -2.01. The van der Waals surface area contributed by atoms with Crippen LogP contribution in [0.1, 0.15) is 16.2 Å². The lowest BCUT2D eigenvalue weighted by atomic mass is 10.2. The van der Waals surface area contributed by atoms with Gasteiger partial charge in [-0.2, -0.15) is 4.98 Å². The molecule has 3 rings (SSSR count). The Morgan fingerprint density at radius 3 is 2.77 bits per heavy atom. The highest BCUT2D eigenvalue weighted by Gasteiger charge is 2.10. The molecular formula is C15H12N2O4S. The predicted octanol–water partition coefficient (Wildman–Crippen LogP) is 3.16. The fourth-order valence-electron chi connectivity index (χ4n) is 1.77. The second-order valence-electron chi connectivity index (χ2n) is 4.29. The van der Waals surface area contributed by atoms with Crippen LogP contribution in [0.2, 0.25) is 0 Å². The summed E-state index contributed by atoms with van der Waals surface area (Å²) in [6.45, 7) is 0.163. The van der Waals surface area contributed by atoms with Gasteiger partial charge in [0.25, 0.3) is 5.89 Å². The summed E-state index contributed by atoms with van der Waals surface area (Å²) in [7, 11) is 1.34. The van der Waals surface area contributed by atoms with Crippen LogP contribution < -0.4 is 4.74 Å². The molecule has 0 aliphatic carbocycles. The van der Waals surface area contributed by atoms with Crippen LogP contribution in [0.4, 0.5) is 0 Å². The Kier molecular flexibility index (Phi) is 4.15. The minimum atomic E-state index is -0.385. The van der Waals surface area contributed by atoms with Crippen molar-refractivity contribution < 1.29 is 18.8 Å². The molecule has 1 aromatic carbocycles. The number of ether oxygens (including phenoxy) is 2. The number of aromatic nitrogens is 2. The van der Waals surface area contributed by atoms with Crippen LogP contribution in [0.3, 0.4) is 0 Å². The highest BCUT2D eigenvalue weighted by atomic mass is 32.1. The highest BCUT2D eigenvalue weighted by Crippen LogP contribution is 2.21. The molecule has 2 heterocycles. The van der Waals surface area contributed by atoms with Gasteiger partial charge in [-0.05, 0) is 35.7 Å². The van der Waals surface area contributed by atoms with Crippen molar-refractivity contribution in [2.45, 2.75) is 6.61 Å². The fourth-order valence-corrected chi connectivity index (χ4v) is 2.42. The van der Waals surface area contributed by atoms with Crippen molar-refractivity contribution in [3.05, 3.63) is 53.2 Å². The Morgan fingerprint density at radius 2 is 2.09 bits per heavy atom. The number of methoxy groups -OCH3 is 1. The monoisotopic (exact) mass is 316 g/mol. The Hall–Kier alpha value is -2.67. The lowest BCUT2D eigenvalue weighted by Gasteiger charge is -2.04. The largest absolute Gasteiger partial charge is 0.484 e. The van der Waals surface area contributed by atoms with E-state index in [9.17, 15) is 4.79 Å². The molecule has 0 saturated carbocycles. The van der Waals surface area contributed by atoms with E-state index in [0.717, 1.165) is 4.88 Å².